The van der Waals surface area contributed by atoms with E-state index in [1.165, 1.54) is 0 Å². The summed E-state index contributed by atoms with van der Waals surface area (Å²) in [6.07, 6.45) is 0.980. The van der Waals surface area contributed by atoms with Crippen LogP contribution in [0.15, 0.2) is 18.2 Å². The molecule has 1 amide bonds. The zero-order valence-electron chi connectivity index (χ0n) is 10.00. The fourth-order valence-corrected chi connectivity index (χ4v) is 3.27. The second-order valence-electron chi connectivity index (χ2n) is 4.61. The number of alkyl halides is 1. The minimum Gasteiger partial charge on any atom is -0.334 e. The molecule has 1 fully saturated rings. The third-order valence-corrected chi connectivity index (χ3v) is 4.33. The first-order chi connectivity index (χ1) is 8.54. The van der Waals surface area contributed by atoms with Crippen molar-refractivity contribution in [1.29, 1.82) is 0 Å². The Morgan fingerprint density at radius 3 is 2.78 bits per heavy atom. The number of amides is 1. The summed E-state index contributed by atoms with van der Waals surface area (Å²) in [5, 5.41) is 0.917. The molecule has 5 heteroatoms. The zero-order valence-corrected chi connectivity index (χ0v) is 12.3. The van der Waals surface area contributed by atoms with Crippen LogP contribution >= 0.6 is 34.8 Å². The predicted molar refractivity (Wildman–Crippen MR) is 75.8 cm³/mol. The van der Waals surface area contributed by atoms with Gasteiger partial charge in [-0.1, -0.05) is 30.1 Å². The molecule has 0 aromatic heterocycles. The summed E-state index contributed by atoms with van der Waals surface area (Å²) in [7, 11) is 0. The smallest absolute Gasteiger partial charge is 0.255 e. The lowest BCUT2D eigenvalue weighted by molar-refractivity contribution is 0.0737. The molecule has 0 N–H and O–H groups in total. The minimum absolute atomic E-state index is 0.0633. The van der Waals surface area contributed by atoms with Gasteiger partial charge in [0.05, 0.1) is 10.6 Å². The number of likely N-dealkylation sites (tertiary alicyclic amines) is 1. The Bertz CT molecular complexity index is 464. The maximum atomic E-state index is 12.4. The van der Waals surface area contributed by atoms with Crippen molar-refractivity contribution in [3.63, 3.8) is 0 Å². The van der Waals surface area contributed by atoms with Gasteiger partial charge in [0, 0.05) is 23.5 Å². The van der Waals surface area contributed by atoms with Crippen LogP contribution in [0.1, 0.15) is 23.7 Å². The van der Waals surface area contributed by atoms with Crippen LogP contribution in [-0.4, -0.2) is 29.3 Å². The van der Waals surface area contributed by atoms with E-state index >= 15 is 0 Å². The molecule has 18 heavy (non-hydrogen) atoms. The summed E-state index contributed by atoms with van der Waals surface area (Å²) in [5.74, 6) is 0.821. The van der Waals surface area contributed by atoms with Gasteiger partial charge in [-0.25, -0.2) is 0 Å². The van der Waals surface area contributed by atoms with Crippen molar-refractivity contribution in [2.75, 3.05) is 12.4 Å². The lowest BCUT2D eigenvalue weighted by Gasteiger charge is -2.25. The van der Waals surface area contributed by atoms with Crippen LogP contribution in [-0.2, 0) is 0 Å². The standard InChI is InChI=1S/C13H14Cl3NO/c1-8-4-5-17(12(8)7-14)13(18)10-3-2-9(15)6-11(10)16/h2-3,6,8,12H,4-5,7H2,1H3. The first kappa shape index (κ1) is 14.0. The molecule has 0 aliphatic carbocycles. The van der Waals surface area contributed by atoms with E-state index in [0.717, 1.165) is 13.0 Å². The molecule has 2 nitrogen and oxygen atoms in total. The van der Waals surface area contributed by atoms with Gasteiger partial charge >= 0.3 is 0 Å². The second-order valence-corrected chi connectivity index (χ2v) is 5.76. The van der Waals surface area contributed by atoms with E-state index < -0.39 is 0 Å². The van der Waals surface area contributed by atoms with Crippen molar-refractivity contribution >= 4 is 40.7 Å². The quantitative estimate of drug-likeness (QED) is 0.754. The first-order valence-corrected chi connectivity index (χ1v) is 7.15. The zero-order chi connectivity index (χ0) is 13.3. The molecule has 2 unspecified atom stereocenters. The average Bonchev–Trinajstić information content (AvgIpc) is 2.69. The molecule has 2 atom stereocenters. The highest BCUT2D eigenvalue weighted by molar-refractivity contribution is 6.36. The normalized spacial score (nSPS) is 23.4. The van der Waals surface area contributed by atoms with Crippen molar-refractivity contribution in [2.24, 2.45) is 5.92 Å². The molecule has 2 rings (SSSR count). The summed E-state index contributed by atoms with van der Waals surface area (Å²) >= 11 is 17.8. The highest BCUT2D eigenvalue weighted by atomic mass is 35.5. The van der Waals surface area contributed by atoms with E-state index in [1.54, 1.807) is 18.2 Å². The van der Waals surface area contributed by atoms with Gasteiger partial charge in [0.2, 0.25) is 0 Å². The maximum absolute atomic E-state index is 12.4. The molecule has 1 aromatic carbocycles. The Morgan fingerprint density at radius 2 is 2.17 bits per heavy atom. The van der Waals surface area contributed by atoms with Gasteiger partial charge in [0.25, 0.3) is 5.91 Å². The van der Waals surface area contributed by atoms with E-state index in [1.807, 2.05) is 4.90 Å². The van der Waals surface area contributed by atoms with Crippen LogP contribution in [0.4, 0.5) is 0 Å². The predicted octanol–water partition coefficient (Wildman–Crippen LogP) is 4.08. The Labute approximate surface area is 122 Å². The number of carbonyl (C=O) groups excluding carboxylic acids is 1. The molecule has 1 aliphatic heterocycles. The van der Waals surface area contributed by atoms with E-state index in [-0.39, 0.29) is 11.9 Å². The highest BCUT2D eigenvalue weighted by Crippen LogP contribution is 2.29. The fourth-order valence-electron chi connectivity index (χ4n) is 2.31. The molecular formula is C13H14Cl3NO. The number of hydrogen-bond acceptors (Lipinski definition) is 1. The summed E-state index contributed by atoms with van der Waals surface area (Å²) in [6, 6.07) is 5.02. The molecule has 98 valence electrons. The number of rotatable bonds is 2. The first-order valence-electron chi connectivity index (χ1n) is 5.86. The van der Waals surface area contributed by atoms with E-state index in [4.69, 9.17) is 34.8 Å². The third kappa shape index (κ3) is 2.61. The molecule has 0 spiro atoms. The van der Waals surface area contributed by atoms with Crippen LogP contribution in [0.3, 0.4) is 0 Å². The van der Waals surface area contributed by atoms with E-state index in [2.05, 4.69) is 6.92 Å². The van der Waals surface area contributed by atoms with Crippen molar-refractivity contribution in [3.05, 3.63) is 33.8 Å². The Kier molecular flexibility index (Phi) is 4.41. The lowest BCUT2D eigenvalue weighted by Crippen LogP contribution is -2.38. The molecule has 0 bridgehead atoms. The SMILES string of the molecule is CC1CCN(C(=O)c2ccc(Cl)cc2Cl)C1CCl. The minimum atomic E-state index is -0.0633. The topological polar surface area (TPSA) is 20.3 Å². The number of halogens is 3. The van der Waals surface area contributed by atoms with Gasteiger partial charge in [-0.15, -0.1) is 11.6 Å². The number of hydrogen-bond donors (Lipinski definition) is 0. The highest BCUT2D eigenvalue weighted by Gasteiger charge is 2.34. The van der Waals surface area contributed by atoms with Crippen LogP contribution in [0, 0.1) is 5.92 Å². The van der Waals surface area contributed by atoms with Crippen LogP contribution < -0.4 is 0 Å². The Hall–Kier alpha value is -0.440. The molecule has 1 heterocycles. The molecule has 0 radical (unpaired) electrons. The third-order valence-electron chi connectivity index (χ3n) is 3.46. The summed E-state index contributed by atoms with van der Waals surface area (Å²) < 4.78 is 0. The lowest BCUT2D eigenvalue weighted by atomic mass is 10.0. The Balaban J connectivity index is 2.26. The number of carbonyl (C=O) groups is 1. The molecule has 1 aromatic rings. The Morgan fingerprint density at radius 1 is 1.44 bits per heavy atom. The van der Waals surface area contributed by atoms with Gasteiger partial charge in [-0.3, -0.25) is 4.79 Å². The van der Waals surface area contributed by atoms with Gasteiger partial charge in [-0.05, 0) is 30.5 Å². The van der Waals surface area contributed by atoms with Crippen molar-refractivity contribution in [3.8, 4) is 0 Å². The molecular weight excluding hydrogens is 293 g/mol. The van der Waals surface area contributed by atoms with Gasteiger partial charge in [0.1, 0.15) is 0 Å². The van der Waals surface area contributed by atoms with Crippen molar-refractivity contribution in [1.82, 2.24) is 4.90 Å². The van der Waals surface area contributed by atoms with E-state index in [9.17, 15) is 4.79 Å². The van der Waals surface area contributed by atoms with Crippen molar-refractivity contribution in [2.45, 2.75) is 19.4 Å². The van der Waals surface area contributed by atoms with Crippen LogP contribution in [0.2, 0.25) is 10.0 Å². The number of nitrogens with zero attached hydrogens (tertiary/aromatic N) is 1. The summed E-state index contributed by atoms with van der Waals surface area (Å²) in [6.45, 7) is 2.85. The average molecular weight is 307 g/mol. The van der Waals surface area contributed by atoms with Crippen LogP contribution in [0.5, 0.6) is 0 Å². The van der Waals surface area contributed by atoms with Gasteiger partial charge < -0.3 is 4.90 Å². The van der Waals surface area contributed by atoms with E-state index in [0.29, 0.717) is 27.4 Å². The number of benzene rings is 1. The summed E-state index contributed by atoms with van der Waals surface area (Å²) in [4.78, 5) is 14.2. The summed E-state index contributed by atoms with van der Waals surface area (Å²) in [5.41, 5.74) is 0.491. The van der Waals surface area contributed by atoms with Crippen molar-refractivity contribution < 1.29 is 4.79 Å². The molecule has 0 saturated carbocycles. The van der Waals surface area contributed by atoms with Gasteiger partial charge in [-0.2, -0.15) is 0 Å². The van der Waals surface area contributed by atoms with Gasteiger partial charge in [0.15, 0.2) is 0 Å². The van der Waals surface area contributed by atoms with Crippen LogP contribution in [0.25, 0.3) is 0 Å². The molecule has 1 saturated heterocycles. The fraction of sp³-hybridized carbons (Fsp3) is 0.462. The monoisotopic (exact) mass is 305 g/mol. The largest absolute Gasteiger partial charge is 0.334 e. The molecule has 1 aliphatic rings. The maximum Gasteiger partial charge on any atom is 0.255 e. The second kappa shape index (κ2) is 5.68.